The summed E-state index contributed by atoms with van der Waals surface area (Å²) in [6, 6.07) is 7.43. The van der Waals surface area contributed by atoms with Gasteiger partial charge in [-0.1, -0.05) is 24.6 Å². The van der Waals surface area contributed by atoms with E-state index >= 15 is 0 Å². The van der Waals surface area contributed by atoms with Crippen LogP contribution < -0.4 is 21.7 Å². The smallest absolute Gasteiger partial charge is 0.330 e. The molecule has 1 aliphatic carbocycles. The summed E-state index contributed by atoms with van der Waals surface area (Å²) in [5.74, 6) is 0.688. The van der Waals surface area contributed by atoms with Crippen LogP contribution in [0.15, 0.2) is 38.6 Å². The van der Waals surface area contributed by atoms with E-state index in [0.717, 1.165) is 35.8 Å². The molecule has 0 bridgehead atoms. The quantitative estimate of drug-likeness (QED) is 0.657. The highest BCUT2D eigenvalue weighted by atomic mass is 16.5. The molecule has 4 rings (SSSR count). The van der Waals surface area contributed by atoms with Gasteiger partial charge in [-0.25, -0.2) is 9.59 Å². The fourth-order valence-corrected chi connectivity index (χ4v) is 3.46. The van der Waals surface area contributed by atoms with Crippen LogP contribution in [0.2, 0.25) is 0 Å². The maximum atomic E-state index is 12.6. The Morgan fingerprint density at radius 1 is 1.00 bits per heavy atom. The summed E-state index contributed by atoms with van der Waals surface area (Å²) in [6.45, 7) is 0.0697. The Morgan fingerprint density at radius 3 is 2.58 bits per heavy atom. The molecule has 1 aromatic carbocycles. The summed E-state index contributed by atoms with van der Waals surface area (Å²) in [6.07, 6.45) is 5.76. The van der Waals surface area contributed by atoms with Gasteiger partial charge in [-0.15, -0.1) is 0 Å². The molecule has 0 aliphatic heterocycles. The Hall–Kier alpha value is -3.03. The molecule has 1 fully saturated rings. The first-order valence-electron chi connectivity index (χ1n) is 8.81. The Kier molecular flexibility index (Phi) is 4.24. The zero-order valence-electron chi connectivity index (χ0n) is 14.2. The average molecular weight is 356 g/mol. The normalized spacial score (nSPS) is 15.4. The van der Waals surface area contributed by atoms with Crippen molar-refractivity contribution in [2.45, 2.75) is 44.8 Å². The highest BCUT2D eigenvalue weighted by Crippen LogP contribution is 2.26. The molecule has 1 aliphatic rings. The van der Waals surface area contributed by atoms with E-state index in [-0.39, 0.29) is 23.8 Å². The van der Waals surface area contributed by atoms with E-state index in [4.69, 9.17) is 4.74 Å². The van der Waals surface area contributed by atoms with Crippen LogP contribution in [0.25, 0.3) is 11.2 Å². The predicted octanol–water partition coefficient (Wildman–Crippen LogP) is 1.47. The second-order valence-corrected chi connectivity index (χ2v) is 6.64. The van der Waals surface area contributed by atoms with Gasteiger partial charge in [0.05, 0.1) is 12.6 Å². The number of para-hydroxylation sites is 1. The van der Waals surface area contributed by atoms with Crippen LogP contribution in [0.5, 0.6) is 5.75 Å². The number of aromatic nitrogens is 4. The van der Waals surface area contributed by atoms with Crippen LogP contribution in [0.3, 0.4) is 0 Å². The molecule has 8 heteroatoms. The molecule has 0 spiro atoms. The molecule has 0 unspecified atom stereocenters. The summed E-state index contributed by atoms with van der Waals surface area (Å²) in [5.41, 5.74) is -0.748. The molecule has 0 saturated heterocycles. The van der Waals surface area contributed by atoms with Crippen molar-refractivity contribution in [3.63, 3.8) is 0 Å². The van der Waals surface area contributed by atoms with Crippen LogP contribution in [-0.4, -0.2) is 25.6 Å². The van der Waals surface area contributed by atoms with Crippen LogP contribution in [0.1, 0.15) is 37.7 Å². The number of nitrogens with zero attached hydrogens (tertiary/aromatic N) is 1. The topological polar surface area (TPSA) is 113 Å². The third-order valence-corrected chi connectivity index (χ3v) is 4.81. The Labute approximate surface area is 147 Å². The number of benzene rings is 1. The summed E-state index contributed by atoms with van der Waals surface area (Å²) in [5, 5.41) is 0. The predicted molar refractivity (Wildman–Crippen MR) is 96.8 cm³/mol. The second-order valence-electron chi connectivity index (χ2n) is 6.64. The number of fused-ring (bicyclic) bond motifs is 1. The molecule has 0 amide bonds. The lowest BCUT2D eigenvalue weighted by atomic mass is 9.97. The van der Waals surface area contributed by atoms with Crippen molar-refractivity contribution in [3.05, 3.63) is 61.2 Å². The molecule has 136 valence electrons. The van der Waals surface area contributed by atoms with E-state index in [1.807, 2.05) is 24.3 Å². The van der Waals surface area contributed by atoms with Gasteiger partial charge in [0.25, 0.3) is 5.56 Å². The number of aromatic amines is 3. The SMILES string of the molecule is O=c1[nH]c2[nH]c(=O)n(Cc3ccccc3OC3CCCCC3)c(=O)c2[nH]1. The molecular weight excluding hydrogens is 336 g/mol. The lowest BCUT2D eigenvalue weighted by molar-refractivity contribution is 0.153. The molecular formula is C18H20N4O4. The molecule has 3 aromatic rings. The minimum atomic E-state index is -0.579. The summed E-state index contributed by atoms with van der Waals surface area (Å²) in [7, 11) is 0. The largest absolute Gasteiger partial charge is 0.490 e. The Balaban J connectivity index is 1.69. The summed E-state index contributed by atoms with van der Waals surface area (Å²) < 4.78 is 7.20. The van der Waals surface area contributed by atoms with Gasteiger partial charge in [0.1, 0.15) is 11.4 Å². The molecule has 2 heterocycles. The first kappa shape index (κ1) is 16.4. The number of hydrogen-bond acceptors (Lipinski definition) is 4. The van der Waals surface area contributed by atoms with E-state index in [1.54, 1.807) is 0 Å². The van der Waals surface area contributed by atoms with Crippen molar-refractivity contribution in [3.8, 4) is 5.75 Å². The van der Waals surface area contributed by atoms with Crippen molar-refractivity contribution >= 4 is 11.2 Å². The molecule has 0 atom stereocenters. The van der Waals surface area contributed by atoms with E-state index in [0.29, 0.717) is 5.75 Å². The molecule has 8 nitrogen and oxygen atoms in total. The zero-order valence-corrected chi connectivity index (χ0v) is 14.2. The maximum absolute atomic E-state index is 12.6. The number of rotatable bonds is 4. The third kappa shape index (κ3) is 3.10. The van der Waals surface area contributed by atoms with Gasteiger partial charge in [-0.3, -0.25) is 24.3 Å². The Bertz CT molecular complexity index is 1100. The number of ether oxygens (including phenoxy) is 1. The number of hydrogen-bond donors (Lipinski definition) is 3. The minimum Gasteiger partial charge on any atom is -0.490 e. The van der Waals surface area contributed by atoms with Crippen molar-refractivity contribution in [1.82, 2.24) is 19.5 Å². The van der Waals surface area contributed by atoms with Gasteiger partial charge in [-0.2, -0.15) is 0 Å². The average Bonchev–Trinajstić information content (AvgIpc) is 3.01. The highest BCUT2D eigenvalue weighted by Gasteiger charge is 2.17. The van der Waals surface area contributed by atoms with Crippen molar-refractivity contribution in [1.29, 1.82) is 0 Å². The summed E-state index contributed by atoms with van der Waals surface area (Å²) in [4.78, 5) is 43.6. The van der Waals surface area contributed by atoms with Gasteiger partial charge < -0.3 is 4.74 Å². The van der Waals surface area contributed by atoms with Crippen molar-refractivity contribution < 1.29 is 4.74 Å². The third-order valence-electron chi connectivity index (χ3n) is 4.81. The van der Waals surface area contributed by atoms with Gasteiger partial charge in [0.2, 0.25) is 0 Å². The lowest BCUT2D eigenvalue weighted by Gasteiger charge is -2.24. The van der Waals surface area contributed by atoms with Crippen LogP contribution in [-0.2, 0) is 6.54 Å². The molecule has 3 N–H and O–H groups in total. The fourth-order valence-electron chi connectivity index (χ4n) is 3.46. The second kappa shape index (κ2) is 6.70. The van der Waals surface area contributed by atoms with Gasteiger partial charge >= 0.3 is 11.4 Å². The molecule has 1 saturated carbocycles. The molecule has 26 heavy (non-hydrogen) atoms. The van der Waals surface area contributed by atoms with Gasteiger partial charge in [-0.05, 0) is 31.7 Å². The van der Waals surface area contributed by atoms with E-state index < -0.39 is 16.9 Å². The van der Waals surface area contributed by atoms with Crippen molar-refractivity contribution in [2.24, 2.45) is 0 Å². The van der Waals surface area contributed by atoms with E-state index in [1.165, 1.54) is 6.42 Å². The lowest BCUT2D eigenvalue weighted by Crippen LogP contribution is -2.35. The number of nitrogens with one attached hydrogen (secondary N) is 3. The standard InChI is InChI=1S/C18H20N4O4/c23-16-14-15(20-17(24)19-14)21-18(25)22(16)10-11-6-4-5-9-13(11)26-12-7-2-1-3-8-12/h4-6,9,12H,1-3,7-8,10H2,(H,21,25)(H2,19,20,24). The Morgan fingerprint density at radius 2 is 1.77 bits per heavy atom. The highest BCUT2D eigenvalue weighted by molar-refractivity contribution is 5.67. The van der Waals surface area contributed by atoms with Gasteiger partial charge in [0.15, 0.2) is 5.52 Å². The first-order chi connectivity index (χ1) is 12.6. The molecule has 0 radical (unpaired) electrons. The fraction of sp³-hybridized carbons (Fsp3) is 0.389. The van der Waals surface area contributed by atoms with Gasteiger partial charge in [0, 0.05) is 5.56 Å². The van der Waals surface area contributed by atoms with Crippen molar-refractivity contribution in [2.75, 3.05) is 0 Å². The minimum absolute atomic E-state index is 0.0558. The summed E-state index contributed by atoms with van der Waals surface area (Å²) >= 11 is 0. The van der Waals surface area contributed by atoms with Crippen LogP contribution in [0.4, 0.5) is 0 Å². The molecule has 2 aromatic heterocycles. The van der Waals surface area contributed by atoms with Crippen LogP contribution >= 0.6 is 0 Å². The zero-order chi connectivity index (χ0) is 18.1. The number of imidazole rings is 1. The first-order valence-corrected chi connectivity index (χ1v) is 8.81. The van der Waals surface area contributed by atoms with Crippen LogP contribution in [0, 0.1) is 0 Å². The monoisotopic (exact) mass is 356 g/mol. The maximum Gasteiger partial charge on any atom is 0.330 e. The van der Waals surface area contributed by atoms with E-state index in [2.05, 4.69) is 15.0 Å². The van der Waals surface area contributed by atoms with E-state index in [9.17, 15) is 14.4 Å². The number of H-pyrrole nitrogens is 3.